The number of halogens is 2. The van der Waals surface area contributed by atoms with Crippen LogP contribution in [0.3, 0.4) is 0 Å². The molecule has 0 aliphatic rings. The van der Waals surface area contributed by atoms with Crippen LogP contribution in [0.1, 0.15) is 23.7 Å². The summed E-state index contributed by atoms with van der Waals surface area (Å²) in [5, 5.41) is 0.922. The Balaban J connectivity index is 1.60. The van der Waals surface area contributed by atoms with Crippen LogP contribution in [0.5, 0.6) is 0 Å². The van der Waals surface area contributed by atoms with Gasteiger partial charge in [0.25, 0.3) is 0 Å². The quantitative estimate of drug-likeness (QED) is 0.195. The summed E-state index contributed by atoms with van der Waals surface area (Å²) in [6.07, 6.45) is 4.50. The minimum absolute atomic E-state index is 0.185. The molecule has 1 N–H and O–H groups in total. The number of furan rings is 1. The lowest BCUT2D eigenvalue weighted by Crippen LogP contribution is -2.25. The summed E-state index contributed by atoms with van der Waals surface area (Å²) in [4.78, 5) is 20.8. The lowest BCUT2D eigenvalue weighted by atomic mass is 9.96. The Labute approximate surface area is 240 Å². The molecule has 0 spiro atoms. The fourth-order valence-corrected chi connectivity index (χ4v) is 5.58. The van der Waals surface area contributed by atoms with Crippen LogP contribution in [0.15, 0.2) is 83.5 Å². The van der Waals surface area contributed by atoms with E-state index in [2.05, 4.69) is 9.97 Å². The van der Waals surface area contributed by atoms with E-state index in [-0.39, 0.29) is 23.8 Å². The molecule has 0 saturated carbocycles. The number of nitrogens with zero attached hydrogens (tertiary/aromatic N) is 2. The molecule has 6 rings (SSSR count). The average Bonchev–Trinajstić information content (AvgIpc) is 3.58. The summed E-state index contributed by atoms with van der Waals surface area (Å²) >= 11 is 0. The van der Waals surface area contributed by atoms with Crippen molar-refractivity contribution in [3.05, 3.63) is 96.3 Å². The number of Topliss-reactive ketones (excluding diaryl/α,β-unsaturated/α-hetero) is 1. The van der Waals surface area contributed by atoms with E-state index in [1.54, 1.807) is 49.6 Å². The summed E-state index contributed by atoms with van der Waals surface area (Å²) < 4.78 is 60.8. The number of pyridine rings is 1. The largest absolute Gasteiger partial charge is 0.455 e. The number of hydrogen-bond acceptors (Lipinski definition) is 5. The first-order valence-electron chi connectivity index (χ1n) is 13.1. The molecule has 7 nitrogen and oxygen atoms in total. The lowest BCUT2D eigenvalue weighted by molar-refractivity contribution is 0.0989. The molecule has 0 unspecified atom stereocenters. The van der Waals surface area contributed by atoms with Crippen LogP contribution in [-0.4, -0.2) is 37.5 Å². The highest BCUT2D eigenvalue weighted by Crippen LogP contribution is 2.42. The molecule has 42 heavy (non-hydrogen) atoms. The molecule has 10 heteroatoms. The van der Waals surface area contributed by atoms with Gasteiger partial charge in [-0.05, 0) is 54.6 Å². The fraction of sp³-hybridized carbons (Fsp3) is 0.125. The van der Waals surface area contributed by atoms with Gasteiger partial charge in [0.2, 0.25) is 10.0 Å². The second kappa shape index (κ2) is 10.2. The Bertz CT molecular complexity index is 2120. The van der Waals surface area contributed by atoms with Gasteiger partial charge in [-0.25, -0.2) is 17.2 Å². The van der Waals surface area contributed by atoms with Crippen molar-refractivity contribution in [2.75, 3.05) is 17.6 Å². The number of aromatic nitrogens is 2. The van der Waals surface area contributed by atoms with Gasteiger partial charge in [-0.15, -0.1) is 0 Å². The van der Waals surface area contributed by atoms with Crippen LogP contribution in [0.25, 0.3) is 55.6 Å². The number of aromatic amines is 1. The third-order valence-corrected chi connectivity index (χ3v) is 8.51. The van der Waals surface area contributed by atoms with E-state index >= 15 is 0 Å². The molecular formula is C32H25F2N3O4S. The standard InChI is InChI=1S/C32H25F2N3O4S/c1-4-29(38)31-24-13-22(19-12-20(17-35-16-19)27-14-23-25(34)6-5-7-26(23)36-27)28(37(2)42(3,39)40)15-30(24)41-32(31)18-8-10-21(33)11-9-18/h5-17,36H,4H2,1-3H3. The van der Waals surface area contributed by atoms with Gasteiger partial charge in [0, 0.05) is 76.2 Å². The van der Waals surface area contributed by atoms with Crippen LogP contribution in [0.4, 0.5) is 14.5 Å². The number of ketones is 1. The Hall–Kier alpha value is -4.83. The van der Waals surface area contributed by atoms with Gasteiger partial charge in [-0.2, -0.15) is 0 Å². The fourth-order valence-electron chi connectivity index (χ4n) is 5.07. The molecule has 3 aromatic heterocycles. The molecule has 212 valence electrons. The Kier molecular flexibility index (Phi) is 6.65. The normalized spacial score (nSPS) is 11.8. The van der Waals surface area contributed by atoms with Crippen molar-refractivity contribution in [2.45, 2.75) is 13.3 Å². The molecule has 3 aromatic carbocycles. The number of carbonyl (C=O) groups excluding carboxylic acids is 1. The van der Waals surface area contributed by atoms with Gasteiger partial charge in [-0.3, -0.25) is 14.1 Å². The van der Waals surface area contributed by atoms with E-state index < -0.39 is 15.8 Å². The first-order chi connectivity index (χ1) is 20.0. The van der Waals surface area contributed by atoms with E-state index in [1.807, 2.05) is 6.07 Å². The van der Waals surface area contributed by atoms with Crippen molar-refractivity contribution in [3.8, 4) is 33.7 Å². The zero-order valence-electron chi connectivity index (χ0n) is 22.9. The van der Waals surface area contributed by atoms with Gasteiger partial charge >= 0.3 is 0 Å². The molecule has 0 bridgehead atoms. The molecule has 0 aliphatic carbocycles. The highest BCUT2D eigenvalue weighted by Gasteiger charge is 2.26. The van der Waals surface area contributed by atoms with Crippen molar-refractivity contribution < 1.29 is 26.4 Å². The monoisotopic (exact) mass is 585 g/mol. The zero-order chi connectivity index (χ0) is 29.8. The smallest absolute Gasteiger partial charge is 0.232 e. The molecule has 0 saturated heterocycles. The first kappa shape index (κ1) is 27.3. The van der Waals surface area contributed by atoms with E-state index in [0.717, 1.165) is 10.6 Å². The molecule has 0 fully saturated rings. The number of carbonyl (C=O) groups is 1. The highest BCUT2D eigenvalue weighted by atomic mass is 32.2. The third kappa shape index (κ3) is 4.73. The van der Waals surface area contributed by atoms with E-state index in [4.69, 9.17) is 4.42 Å². The molecular weight excluding hydrogens is 560 g/mol. The number of nitrogens with one attached hydrogen (secondary N) is 1. The number of hydrogen-bond donors (Lipinski definition) is 1. The molecule has 0 atom stereocenters. The lowest BCUT2D eigenvalue weighted by Gasteiger charge is -2.20. The maximum atomic E-state index is 14.4. The predicted molar refractivity (Wildman–Crippen MR) is 160 cm³/mol. The zero-order valence-corrected chi connectivity index (χ0v) is 23.7. The Morgan fingerprint density at radius 1 is 0.952 bits per heavy atom. The van der Waals surface area contributed by atoms with Crippen LogP contribution in [0.2, 0.25) is 0 Å². The summed E-state index contributed by atoms with van der Waals surface area (Å²) in [6, 6.07) is 17.2. The van der Waals surface area contributed by atoms with Gasteiger partial charge in [-0.1, -0.05) is 13.0 Å². The van der Waals surface area contributed by atoms with Crippen LogP contribution >= 0.6 is 0 Å². The maximum Gasteiger partial charge on any atom is 0.232 e. The minimum Gasteiger partial charge on any atom is -0.455 e. The molecule has 0 amide bonds. The van der Waals surface area contributed by atoms with Gasteiger partial charge in [0.05, 0.1) is 17.5 Å². The molecule has 6 aromatic rings. The Morgan fingerprint density at radius 2 is 1.69 bits per heavy atom. The molecule has 0 radical (unpaired) electrons. The summed E-state index contributed by atoms with van der Waals surface area (Å²) in [5.41, 5.74) is 4.42. The highest BCUT2D eigenvalue weighted by molar-refractivity contribution is 7.92. The van der Waals surface area contributed by atoms with Crippen molar-refractivity contribution in [2.24, 2.45) is 0 Å². The summed E-state index contributed by atoms with van der Waals surface area (Å²) in [5.74, 6) is -0.696. The third-order valence-electron chi connectivity index (χ3n) is 7.32. The van der Waals surface area contributed by atoms with E-state index in [9.17, 15) is 22.0 Å². The average molecular weight is 586 g/mol. The van der Waals surface area contributed by atoms with Gasteiger partial charge < -0.3 is 9.40 Å². The van der Waals surface area contributed by atoms with Crippen LogP contribution < -0.4 is 4.31 Å². The molecule has 3 heterocycles. The Morgan fingerprint density at radius 3 is 2.38 bits per heavy atom. The van der Waals surface area contributed by atoms with Crippen molar-refractivity contribution in [1.82, 2.24) is 9.97 Å². The summed E-state index contributed by atoms with van der Waals surface area (Å²) in [7, 11) is -2.28. The number of fused-ring (bicyclic) bond motifs is 2. The molecule has 0 aliphatic heterocycles. The number of anilines is 1. The van der Waals surface area contributed by atoms with E-state index in [1.165, 1.54) is 37.4 Å². The second-order valence-corrected chi connectivity index (χ2v) is 12.0. The van der Waals surface area contributed by atoms with Crippen LogP contribution in [0, 0.1) is 11.6 Å². The minimum atomic E-state index is -3.71. The predicted octanol–water partition coefficient (Wildman–Crippen LogP) is 7.58. The summed E-state index contributed by atoms with van der Waals surface area (Å²) in [6.45, 7) is 1.74. The SMILES string of the molecule is CCC(=O)c1c(-c2ccc(F)cc2)oc2cc(N(C)S(C)(=O)=O)c(-c3cncc(-c4cc5c(F)cccc5[nH]4)c3)cc12. The number of sulfonamides is 1. The van der Waals surface area contributed by atoms with Crippen LogP contribution in [-0.2, 0) is 10.0 Å². The van der Waals surface area contributed by atoms with Crippen molar-refractivity contribution in [1.29, 1.82) is 0 Å². The van der Waals surface area contributed by atoms with E-state index in [0.29, 0.717) is 61.1 Å². The van der Waals surface area contributed by atoms with Gasteiger partial charge in [0.1, 0.15) is 23.0 Å². The second-order valence-electron chi connectivity index (χ2n) is 10.0. The number of benzene rings is 3. The first-order valence-corrected chi connectivity index (χ1v) is 15.0. The van der Waals surface area contributed by atoms with Gasteiger partial charge in [0.15, 0.2) is 5.78 Å². The number of H-pyrrole nitrogens is 1. The van der Waals surface area contributed by atoms with Crippen molar-refractivity contribution in [3.63, 3.8) is 0 Å². The number of rotatable bonds is 7. The topological polar surface area (TPSA) is 96.3 Å². The van der Waals surface area contributed by atoms with Crippen molar-refractivity contribution >= 4 is 43.4 Å². The maximum absolute atomic E-state index is 14.4.